The van der Waals surface area contributed by atoms with Crippen LogP contribution in [0.2, 0.25) is 0 Å². The first-order valence-corrected chi connectivity index (χ1v) is 9.02. The third-order valence-corrected chi connectivity index (χ3v) is 5.79. The second-order valence-corrected chi connectivity index (χ2v) is 7.49. The number of aromatic nitrogens is 3. The van der Waals surface area contributed by atoms with Crippen molar-refractivity contribution in [3.05, 3.63) is 11.6 Å². The molecule has 1 aliphatic heterocycles. The molecule has 0 unspecified atom stereocenters. The fourth-order valence-corrected chi connectivity index (χ4v) is 4.07. The SMILES string of the molecule is NC(=O)C1(c2nc([C@H]3CCOC3)nn2CC2CCCCC2)CC1. The van der Waals surface area contributed by atoms with Gasteiger partial charge in [-0.1, -0.05) is 19.3 Å². The lowest BCUT2D eigenvalue weighted by Crippen LogP contribution is -2.32. The fraction of sp³-hybridized carbons (Fsp3) is 0.824. The molecule has 3 aliphatic rings. The van der Waals surface area contributed by atoms with E-state index in [-0.39, 0.29) is 11.8 Å². The van der Waals surface area contributed by atoms with E-state index in [1.54, 1.807) is 0 Å². The van der Waals surface area contributed by atoms with Gasteiger partial charge in [0.15, 0.2) is 5.82 Å². The highest BCUT2D eigenvalue weighted by Crippen LogP contribution is 2.47. The number of amides is 1. The molecule has 2 heterocycles. The Balaban J connectivity index is 1.63. The molecular formula is C17H26N4O2. The third kappa shape index (κ3) is 2.77. The molecule has 0 radical (unpaired) electrons. The second-order valence-electron chi connectivity index (χ2n) is 7.49. The largest absolute Gasteiger partial charge is 0.381 e. The summed E-state index contributed by atoms with van der Waals surface area (Å²) in [5.74, 6) is 2.34. The van der Waals surface area contributed by atoms with Gasteiger partial charge in [-0.3, -0.25) is 4.79 Å². The van der Waals surface area contributed by atoms with E-state index in [4.69, 9.17) is 20.6 Å². The van der Waals surface area contributed by atoms with Gasteiger partial charge < -0.3 is 10.5 Å². The highest BCUT2D eigenvalue weighted by atomic mass is 16.5. The van der Waals surface area contributed by atoms with E-state index in [9.17, 15) is 4.79 Å². The molecule has 2 N–H and O–H groups in total. The molecule has 1 aromatic rings. The molecule has 1 amide bonds. The van der Waals surface area contributed by atoms with E-state index in [1.807, 2.05) is 4.68 Å². The van der Waals surface area contributed by atoms with Crippen molar-refractivity contribution in [2.24, 2.45) is 11.7 Å². The summed E-state index contributed by atoms with van der Waals surface area (Å²) < 4.78 is 7.49. The molecular weight excluding hydrogens is 292 g/mol. The van der Waals surface area contributed by atoms with E-state index < -0.39 is 5.41 Å². The molecule has 6 heteroatoms. The lowest BCUT2D eigenvalue weighted by molar-refractivity contribution is -0.120. The van der Waals surface area contributed by atoms with Crippen LogP contribution in [-0.2, 0) is 21.5 Å². The van der Waals surface area contributed by atoms with Gasteiger partial charge in [0.05, 0.1) is 6.61 Å². The Bertz CT molecular complexity index is 581. The summed E-state index contributed by atoms with van der Waals surface area (Å²) in [7, 11) is 0. The van der Waals surface area contributed by atoms with Crippen LogP contribution in [0, 0.1) is 5.92 Å². The van der Waals surface area contributed by atoms with Gasteiger partial charge in [0, 0.05) is 19.1 Å². The summed E-state index contributed by atoms with van der Waals surface area (Å²) in [6, 6.07) is 0. The van der Waals surface area contributed by atoms with Crippen molar-refractivity contribution in [3.8, 4) is 0 Å². The minimum Gasteiger partial charge on any atom is -0.381 e. The zero-order chi connectivity index (χ0) is 15.9. The molecule has 0 bridgehead atoms. The fourth-order valence-electron chi connectivity index (χ4n) is 4.07. The Labute approximate surface area is 136 Å². The number of carbonyl (C=O) groups is 1. The minimum absolute atomic E-state index is 0.246. The van der Waals surface area contributed by atoms with Gasteiger partial charge in [0.25, 0.3) is 0 Å². The molecule has 0 spiro atoms. The quantitative estimate of drug-likeness (QED) is 0.898. The molecule has 126 valence electrons. The topological polar surface area (TPSA) is 83.0 Å². The number of hydrogen-bond donors (Lipinski definition) is 1. The molecule has 1 saturated heterocycles. The van der Waals surface area contributed by atoms with Gasteiger partial charge in [-0.15, -0.1) is 0 Å². The van der Waals surface area contributed by atoms with Crippen molar-refractivity contribution in [2.75, 3.05) is 13.2 Å². The van der Waals surface area contributed by atoms with Crippen molar-refractivity contribution in [3.63, 3.8) is 0 Å². The number of carbonyl (C=O) groups excluding carboxylic acids is 1. The number of ether oxygens (including phenoxy) is 1. The lowest BCUT2D eigenvalue weighted by atomic mass is 9.89. The maximum atomic E-state index is 12.0. The van der Waals surface area contributed by atoms with E-state index in [1.165, 1.54) is 32.1 Å². The van der Waals surface area contributed by atoms with Crippen LogP contribution in [0.5, 0.6) is 0 Å². The summed E-state index contributed by atoms with van der Waals surface area (Å²) in [5, 5.41) is 4.79. The van der Waals surface area contributed by atoms with Crippen molar-refractivity contribution in [1.29, 1.82) is 0 Å². The Kier molecular flexibility index (Phi) is 3.87. The normalized spacial score (nSPS) is 27.2. The van der Waals surface area contributed by atoms with Crippen LogP contribution in [0.1, 0.15) is 68.9 Å². The van der Waals surface area contributed by atoms with Crippen LogP contribution in [0.25, 0.3) is 0 Å². The summed E-state index contributed by atoms with van der Waals surface area (Å²) in [6.45, 7) is 2.35. The minimum atomic E-state index is -0.556. The number of hydrogen-bond acceptors (Lipinski definition) is 4. The van der Waals surface area contributed by atoms with Gasteiger partial charge >= 0.3 is 0 Å². The Morgan fingerprint density at radius 2 is 2.04 bits per heavy atom. The number of nitrogens with zero attached hydrogens (tertiary/aromatic N) is 3. The molecule has 0 aromatic carbocycles. The second kappa shape index (κ2) is 5.89. The van der Waals surface area contributed by atoms with Crippen LogP contribution in [0.4, 0.5) is 0 Å². The Morgan fingerprint density at radius 3 is 2.65 bits per heavy atom. The predicted molar refractivity (Wildman–Crippen MR) is 84.9 cm³/mol. The number of primary amides is 1. The molecule has 6 nitrogen and oxygen atoms in total. The molecule has 3 fully saturated rings. The Hall–Kier alpha value is -1.43. The van der Waals surface area contributed by atoms with Crippen LogP contribution in [0.15, 0.2) is 0 Å². The third-order valence-electron chi connectivity index (χ3n) is 5.79. The maximum Gasteiger partial charge on any atom is 0.231 e. The van der Waals surface area contributed by atoms with Gasteiger partial charge in [0.1, 0.15) is 11.2 Å². The summed E-state index contributed by atoms with van der Waals surface area (Å²) in [6.07, 6.45) is 9.05. The molecule has 1 aromatic heterocycles. The zero-order valence-electron chi connectivity index (χ0n) is 13.7. The summed E-state index contributed by atoms with van der Waals surface area (Å²) in [4.78, 5) is 16.8. The summed E-state index contributed by atoms with van der Waals surface area (Å²) in [5.41, 5.74) is 5.13. The van der Waals surface area contributed by atoms with E-state index in [0.717, 1.165) is 44.1 Å². The highest BCUT2D eigenvalue weighted by Gasteiger charge is 2.54. The molecule has 1 atom stereocenters. The average molecular weight is 318 g/mol. The van der Waals surface area contributed by atoms with Crippen LogP contribution in [0.3, 0.4) is 0 Å². The smallest absolute Gasteiger partial charge is 0.231 e. The van der Waals surface area contributed by atoms with Gasteiger partial charge in [-0.05, 0) is 38.0 Å². The van der Waals surface area contributed by atoms with Crippen molar-refractivity contribution < 1.29 is 9.53 Å². The lowest BCUT2D eigenvalue weighted by Gasteiger charge is -2.22. The number of rotatable bonds is 5. The van der Waals surface area contributed by atoms with E-state index >= 15 is 0 Å². The van der Waals surface area contributed by atoms with Gasteiger partial charge in [-0.2, -0.15) is 5.10 Å². The average Bonchev–Trinajstić information content (AvgIpc) is 2.99. The first-order chi connectivity index (χ1) is 11.2. The molecule has 23 heavy (non-hydrogen) atoms. The Morgan fingerprint density at radius 1 is 1.26 bits per heavy atom. The zero-order valence-corrected chi connectivity index (χ0v) is 13.7. The molecule has 2 aliphatic carbocycles. The monoisotopic (exact) mass is 318 g/mol. The van der Waals surface area contributed by atoms with E-state index in [0.29, 0.717) is 12.5 Å². The van der Waals surface area contributed by atoms with Gasteiger partial charge in [0.2, 0.25) is 5.91 Å². The highest BCUT2D eigenvalue weighted by molar-refractivity contribution is 5.88. The first kappa shape index (κ1) is 15.1. The van der Waals surface area contributed by atoms with Crippen LogP contribution >= 0.6 is 0 Å². The van der Waals surface area contributed by atoms with Crippen LogP contribution < -0.4 is 5.73 Å². The van der Waals surface area contributed by atoms with Crippen LogP contribution in [-0.4, -0.2) is 33.9 Å². The first-order valence-electron chi connectivity index (χ1n) is 9.02. The van der Waals surface area contributed by atoms with E-state index in [2.05, 4.69) is 0 Å². The predicted octanol–water partition coefficient (Wildman–Crippen LogP) is 1.88. The van der Waals surface area contributed by atoms with Gasteiger partial charge in [-0.25, -0.2) is 9.67 Å². The van der Waals surface area contributed by atoms with Crippen molar-refractivity contribution in [1.82, 2.24) is 14.8 Å². The maximum absolute atomic E-state index is 12.0. The van der Waals surface area contributed by atoms with Crippen molar-refractivity contribution >= 4 is 5.91 Å². The molecule has 2 saturated carbocycles. The number of nitrogens with two attached hydrogens (primary N) is 1. The molecule has 4 rings (SSSR count). The summed E-state index contributed by atoms with van der Waals surface area (Å²) >= 11 is 0. The standard InChI is InChI=1S/C17H26N4O2/c18-15(22)17(7-8-17)16-19-14(13-6-9-23-11-13)20-21(16)10-12-4-2-1-3-5-12/h12-13H,1-11H2,(H2,18,22)/t13-/m0/s1. The van der Waals surface area contributed by atoms with Crippen molar-refractivity contribution in [2.45, 2.75) is 69.2 Å².